The Balaban J connectivity index is 0.000000215. The molecule has 0 aliphatic carbocycles. The van der Waals surface area contributed by atoms with Gasteiger partial charge in [0, 0.05) is 43.1 Å². The monoisotopic (exact) mass is 638 g/mol. The van der Waals surface area contributed by atoms with Crippen LogP contribution in [0.2, 0.25) is 0 Å². The van der Waals surface area contributed by atoms with Gasteiger partial charge in [-0.2, -0.15) is 0 Å². The molecule has 0 spiro atoms. The number of benzene rings is 3. The van der Waals surface area contributed by atoms with Gasteiger partial charge in [0.1, 0.15) is 11.5 Å². The van der Waals surface area contributed by atoms with Gasteiger partial charge in [-0.25, -0.2) is 0 Å². The molecule has 3 aromatic rings. The molecule has 1 amide bonds. The van der Waals surface area contributed by atoms with Crippen molar-refractivity contribution in [3.05, 3.63) is 72.3 Å². The molecule has 13 heteroatoms. The van der Waals surface area contributed by atoms with Crippen LogP contribution in [0, 0.1) is 0 Å². The molecule has 0 unspecified atom stereocenters. The molecule has 11 nitrogen and oxygen atoms in total. The van der Waals surface area contributed by atoms with Gasteiger partial charge in [0.25, 0.3) is 5.91 Å². The lowest BCUT2D eigenvalue weighted by atomic mass is 10.2. The van der Waals surface area contributed by atoms with Crippen molar-refractivity contribution >= 4 is 63.3 Å². The summed E-state index contributed by atoms with van der Waals surface area (Å²) in [5.74, 6) is 1.12. The van der Waals surface area contributed by atoms with Crippen LogP contribution >= 0.6 is 24.4 Å². The van der Waals surface area contributed by atoms with Crippen molar-refractivity contribution in [3.8, 4) is 11.5 Å². The maximum absolute atomic E-state index is 12.2. The van der Waals surface area contributed by atoms with Gasteiger partial charge >= 0.3 is 0 Å². The van der Waals surface area contributed by atoms with Crippen LogP contribution in [0.5, 0.6) is 11.5 Å². The number of nitrogens with one attached hydrogen (secondary N) is 3. The van der Waals surface area contributed by atoms with Crippen molar-refractivity contribution in [2.75, 3.05) is 87.3 Å². The Morgan fingerprint density at radius 2 is 1.23 bits per heavy atom. The molecule has 5 N–H and O–H groups in total. The number of rotatable bonds is 7. The minimum Gasteiger partial charge on any atom is -0.495 e. The maximum atomic E-state index is 12.2. The summed E-state index contributed by atoms with van der Waals surface area (Å²) in [5.41, 5.74) is 9.70. The van der Waals surface area contributed by atoms with Gasteiger partial charge in [-0.3, -0.25) is 10.1 Å². The maximum Gasteiger partial charge on any atom is 0.257 e. The summed E-state index contributed by atoms with van der Waals surface area (Å²) in [6.45, 7) is 6.37. The number of thiocarbonyl (C=S) groups is 2. The zero-order chi connectivity index (χ0) is 31.3. The van der Waals surface area contributed by atoms with Crippen LogP contribution < -0.4 is 41.0 Å². The van der Waals surface area contributed by atoms with Gasteiger partial charge in [-0.05, 0) is 73.0 Å². The number of amides is 1. The van der Waals surface area contributed by atoms with Crippen LogP contribution in [0.4, 0.5) is 22.7 Å². The number of nitrogens with two attached hydrogens (primary N) is 1. The SMILES string of the molecule is COc1ccc(N2CCOCC2)cc1NC(=S)NC(=O)c1ccccc1.COc1ccc(N2CCOCC2)cc1NC(N)=S. The molecule has 0 radical (unpaired) electrons. The van der Waals surface area contributed by atoms with Crippen molar-refractivity contribution in [3.63, 3.8) is 0 Å². The minimum atomic E-state index is -0.258. The van der Waals surface area contributed by atoms with Gasteiger partial charge in [0.2, 0.25) is 0 Å². The highest BCUT2D eigenvalue weighted by Gasteiger charge is 2.16. The molecule has 2 aliphatic heterocycles. The van der Waals surface area contributed by atoms with Gasteiger partial charge < -0.3 is 45.1 Å². The molecule has 234 valence electrons. The van der Waals surface area contributed by atoms with Gasteiger partial charge in [0.05, 0.1) is 52.0 Å². The standard InChI is InChI=1S/C19H21N3O3S.C12H17N3O2S/c1-24-17-8-7-15(22-9-11-25-12-10-22)13-16(17)20-19(26)21-18(23)14-5-3-2-4-6-14;1-16-11-3-2-9(8-10(11)14-12(13)18)15-4-6-17-7-5-15/h2-8,13H,9-12H2,1H3,(H2,20,21,23,26);2-3,8H,4-7H2,1H3,(H3,13,14,18). The number of hydrogen-bond acceptors (Lipinski definition) is 9. The molecule has 0 aromatic heterocycles. The van der Waals surface area contributed by atoms with E-state index in [4.69, 9.17) is 49.1 Å². The van der Waals surface area contributed by atoms with Crippen molar-refractivity contribution in [2.24, 2.45) is 5.73 Å². The lowest BCUT2D eigenvalue weighted by Gasteiger charge is -2.29. The highest BCUT2D eigenvalue weighted by molar-refractivity contribution is 7.80. The molecule has 2 fully saturated rings. The van der Waals surface area contributed by atoms with Gasteiger partial charge in [0.15, 0.2) is 10.2 Å². The third-order valence-corrected chi connectivity index (χ3v) is 7.19. The van der Waals surface area contributed by atoms with Gasteiger partial charge in [-0.15, -0.1) is 0 Å². The van der Waals surface area contributed by atoms with E-state index in [1.807, 2.05) is 42.5 Å². The van der Waals surface area contributed by atoms with Crippen LogP contribution in [0.3, 0.4) is 0 Å². The van der Waals surface area contributed by atoms with Crippen LogP contribution in [0.25, 0.3) is 0 Å². The van der Waals surface area contributed by atoms with Crippen LogP contribution in [0.15, 0.2) is 66.7 Å². The molecule has 2 saturated heterocycles. The Kier molecular flexibility index (Phi) is 12.4. The lowest BCUT2D eigenvalue weighted by Crippen LogP contribution is -2.36. The first-order valence-corrected chi connectivity index (χ1v) is 14.9. The van der Waals surface area contributed by atoms with Crippen LogP contribution in [-0.2, 0) is 9.47 Å². The van der Waals surface area contributed by atoms with E-state index in [9.17, 15) is 4.79 Å². The van der Waals surface area contributed by atoms with E-state index in [0.29, 0.717) is 30.2 Å². The first-order valence-electron chi connectivity index (χ1n) is 14.1. The van der Waals surface area contributed by atoms with Crippen molar-refractivity contribution in [1.29, 1.82) is 0 Å². The van der Waals surface area contributed by atoms with Crippen molar-refractivity contribution < 1.29 is 23.7 Å². The van der Waals surface area contributed by atoms with E-state index in [1.54, 1.807) is 38.5 Å². The molecule has 0 bridgehead atoms. The molecular weight excluding hydrogens is 601 g/mol. The first-order chi connectivity index (χ1) is 21.4. The topological polar surface area (TPSA) is 123 Å². The average Bonchev–Trinajstić information content (AvgIpc) is 3.06. The third kappa shape index (κ3) is 9.41. The highest BCUT2D eigenvalue weighted by atomic mass is 32.1. The summed E-state index contributed by atoms with van der Waals surface area (Å²) in [6, 6.07) is 20.7. The first kappa shape index (κ1) is 32.7. The zero-order valence-corrected chi connectivity index (χ0v) is 26.5. The van der Waals surface area contributed by atoms with E-state index in [-0.39, 0.29) is 16.1 Å². The second kappa shape index (κ2) is 16.6. The van der Waals surface area contributed by atoms with Gasteiger partial charge in [-0.1, -0.05) is 18.2 Å². The van der Waals surface area contributed by atoms with Crippen LogP contribution in [-0.4, -0.2) is 83.0 Å². The summed E-state index contributed by atoms with van der Waals surface area (Å²) in [5, 5.41) is 9.12. The predicted octanol–water partition coefficient (Wildman–Crippen LogP) is 3.85. The largest absolute Gasteiger partial charge is 0.495 e. The number of carbonyl (C=O) groups is 1. The van der Waals surface area contributed by atoms with Crippen molar-refractivity contribution in [1.82, 2.24) is 5.32 Å². The fourth-order valence-corrected chi connectivity index (χ4v) is 4.99. The van der Waals surface area contributed by atoms with E-state index in [2.05, 4.69) is 25.8 Å². The Morgan fingerprint density at radius 1 is 0.750 bits per heavy atom. The lowest BCUT2D eigenvalue weighted by molar-refractivity contribution is 0.0977. The average molecular weight is 639 g/mol. The molecule has 3 aromatic carbocycles. The van der Waals surface area contributed by atoms with Crippen molar-refractivity contribution in [2.45, 2.75) is 0 Å². The fraction of sp³-hybridized carbons (Fsp3) is 0.323. The summed E-state index contributed by atoms with van der Waals surface area (Å²) in [7, 11) is 3.22. The Hall–Kier alpha value is -4.17. The molecule has 2 aliphatic rings. The molecule has 0 saturated carbocycles. The fourth-order valence-electron chi connectivity index (χ4n) is 4.67. The van der Waals surface area contributed by atoms with E-state index < -0.39 is 0 Å². The number of nitrogens with zero attached hydrogens (tertiary/aromatic N) is 2. The van der Waals surface area contributed by atoms with Crippen LogP contribution in [0.1, 0.15) is 10.4 Å². The Bertz CT molecular complexity index is 1420. The summed E-state index contributed by atoms with van der Waals surface area (Å²) < 4.78 is 21.4. The van der Waals surface area contributed by atoms with E-state index >= 15 is 0 Å². The summed E-state index contributed by atoms with van der Waals surface area (Å²) >= 11 is 10.1. The second-order valence-electron chi connectivity index (χ2n) is 9.73. The summed E-state index contributed by atoms with van der Waals surface area (Å²) in [4.78, 5) is 16.7. The smallest absolute Gasteiger partial charge is 0.257 e. The molecule has 44 heavy (non-hydrogen) atoms. The number of morpholine rings is 2. The number of ether oxygens (including phenoxy) is 4. The minimum absolute atomic E-state index is 0.219. The predicted molar refractivity (Wildman–Crippen MR) is 183 cm³/mol. The molecular formula is C31H38N6O5S2. The number of methoxy groups -OCH3 is 2. The Labute approximate surface area is 268 Å². The highest BCUT2D eigenvalue weighted by Crippen LogP contribution is 2.31. The number of hydrogen-bond donors (Lipinski definition) is 4. The molecule has 0 atom stereocenters. The summed E-state index contributed by atoms with van der Waals surface area (Å²) in [6.07, 6.45) is 0. The molecule has 2 heterocycles. The number of carbonyl (C=O) groups excluding carboxylic acids is 1. The second-order valence-corrected chi connectivity index (χ2v) is 10.6. The third-order valence-electron chi connectivity index (χ3n) is 6.89. The Morgan fingerprint density at radius 3 is 1.68 bits per heavy atom. The number of anilines is 4. The quantitative estimate of drug-likeness (QED) is 0.281. The van der Waals surface area contributed by atoms with E-state index in [1.165, 1.54) is 0 Å². The normalized spacial score (nSPS) is 14.4. The zero-order valence-electron chi connectivity index (χ0n) is 24.8. The van der Waals surface area contributed by atoms with E-state index in [0.717, 1.165) is 62.2 Å². The molecule has 5 rings (SSSR count).